The quantitative estimate of drug-likeness (QED) is 0.0956. The lowest BCUT2D eigenvalue weighted by Crippen LogP contribution is -2.70. The molecular weight excluding hydrogens is 1270 g/mol. The van der Waals surface area contributed by atoms with E-state index in [0.29, 0.717) is 0 Å². The van der Waals surface area contributed by atoms with Gasteiger partial charge in [0.05, 0.1) is 0 Å². The second kappa shape index (κ2) is 21.1. The highest BCUT2D eigenvalue weighted by Gasteiger charge is 2.93. The first-order valence-electron chi connectivity index (χ1n) is 19.4. The molecule has 0 spiro atoms. The van der Waals surface area contributed by atoms with Crippen molar-refractivity contribution in [2.75, 3.05) is 34.3 Å². The third kappa shape index (κ3) is 11.7. The lowest BCUT2D eigenvalue weighted by Gasteiger charge is -2.40. The number of hydrogen-bond acceptors (Lipinski definition) is 6. The van der Waals surface area contributed by atoms with Crippen molar-refractivity contribution in [3.05, 3.63) is 0 Å². The van der Waals surface area contributed by atoms with E-state index in [1.54, 1.807) is 0 Å². The van der Waals surface area contributed by atoms with Gasteiger partial charge in [-0.3, -0.25) is 29.1 Å². The Labute approximate surface area is 418 Å². The van der Waals surface area contributed by atoms with Crippen molar-refractivity contribution in [1.82, 2.24) is 15.0 Å². The van der Waals surface area contributed by atoms with E-state index < -0.39 is 197 Å². The third-order valence-electron chi connectivity index (χ3n) is 10.4. The molecule has 0 aliphatic rings. The number of carbonyl (C=O) groups is 3. The highest BCUT2D eigenvalue weighted by Crippen LogP contribution is 2.64. The van der Waals surface area contributed by atoms with Crippen LogP contribution in [0.4, 0.5) is 189 Å². The van der Waals surface area contributed by atoms with Crippen LogP contribution in [0.5, 0.6) is 0 Å². The van der Waals surface area contributed by atoms with E-state index in [2.05, 4.69) is 15.0 Å². The maximum Gasteiger partial charge on any atom is 0.460 e. The molecule has 0 saturated carbocycles. The zero-order valence-corrected chi connectivity index (χ0v) is 37.9. The second-order valence-electron chi connectivity index (χ2n) is 16.0. The largest absolute Gasteiger partial charge is 0.460 e. The minimum atomic E-state index is -8.65. The van der Waals surface area contributed by atoms with Crippen molar-refractivity contribution < 1.29 is 186 Å². The van der Waals surface area contributed by atoms with Gasteiger partial charge in [-0.2, -0.15) is 186 Å². The van der Waals surface area contributed by atoms with Crippen LogP contribution >= 0.6 is 0 Å². The third-order valence-corrected chi connectivity index (χ3v) is 10.4. The number of anilines is 3. The van der Waals surface area contributed by atoms with E-state index >= 15 is 0 Å². The molecule has 0 saturated heterocycles. The minimum Gasteiger partial charge on any atom is -0.281 e. The standard InChI is InChI=1S/C33H21F39N6O3/c1-10(79)76(7-4-16(34,35)19(40,41)22(46,47)25(52,53)28(58,59)31(64,65)66)13-73-14(77(11(2)80)8-5-17(36,37)20(42,43)23(48,49)26(54,55)29(60,61)32(67,68)69)75-15(74-13)78(12(3)81)9-6-18(38,39)21(44,45)24(50,51)27(56,57)30(62,63)33(70,71)72/h4-9H2,1-3H3. The van der Waals surface area contributed by atoms with Gasteiger partial charge in [-0.05, 0) is 0 Å². The maximum absolute atomic E-state index is 14.8. The smallest absolute Gasteiger partial charge is 0.281 e. The average molecular weight is 1290 g/mol. The number of nitrogens with zero attached hydrogens (tertiary/aromatic N) is 6. The van der Waals surface area contributed by atoms with Gasteiger partial charge in [-0.25, -0.2) is 0 Å². The number of carbonyl (C=O) groups excluding carboxylic acids is 3. The first kappa shape index (κ1) is 73.7. The first-order valence-corrected chi connectivity index (χ1v) is 19.4. The first-order chi connectivity index (χ1) is 34.9. The average Bonchev–Trinajstić information content (AvgIpc) is 3.24. The number of amides is 3. The van der Waals surface area contributed by atoms with Crippen LogP contribution in [0.2, 0.25) is 0 Å². The van der Waals surface area contributed by atoms with Crippen molar-refractivity contribution in [2.45, 2.75) is 147 Å². The van der Waals surface area contributed by atoms with E-state index in [4.69, 9.17) is 0 Å². The highest BCUT2D eigenvalue weighted by molar-refractivity contribution is 5.93. The van der Waals surface area contributed by atoms with Gasteiger partial charge in [0.25, 0.3) is 0 Å². The SMILES string of the molecule is CC(=O)N(CCC(F)(F)C(F)(F)C(F)(F)C(F)(F)C(F)(F)C(F)(F)F)c1nc(N(CCC(F)(F)C(F)(F)C(F)(F)C(F)(F)C(F)(F)C(F)(F)F)C(C)=O)nc(N(CCC(F)(F)C(F)(F)C(F)(F)C(F)(F)C(F)(F)C(F)(F)F)C(C)=O)n1. The minimum absolute atomic E-state index is 0.237. The number of alkyl halides is 39. The molecule has 1 rings (SSSR count). The Kier molecular flexibility index (Phi) is 19.2. The molecule has 3 amide bonds. The van der Waals surface area contributed by atoms with Gasteiger partial charge >= 0.3 is 107 Å². The number of rotatable bonds is 24. The molecule has 0 aliphatic heterocycles. The van der Waals surface area contributed by atoms with Crippen LogP contribution in [0, 0.1) is 0 Å². The zero-order valence-electron chi connectivity index (χ0n) is 37.9. The number of halogens is 39. The Hall–Kier alpha value is -5.31. The molecule has 1 aromatic heterocycles. The molecule has 81 heavy (non-hydrogen) atoms. The summed E-state index contributed by atoms with van der Waals surface area (Å²) in [6.07, 6.45) is -35.0. The summed E-state index contributed by atoms with van der Waals surface area (Å²) in [5.41, 5.74) is 0. The van der Waals surface area contributed by atoms with E-state index in [9.17, 15) is 186 Å². The van der Waals surface area contributed by atoms with Gasteiger partial charge in [0.1, 0.15) is 0 Å². The van der Waals surface area contributed by atoms with Crippen LogP contribution in [-0.2, 0) is 14.4 Å². The molecule has 1 heterocycles. The topological polar surface area (TPSA) is 99.6 Å². The molecule has 0 fully saturated rings. The summed E-state index contributed by atoms with van der Waals surface area (Å²) >= 11 is 0. The summed E-state index contributed by atoms with van der Waals surface area (Å²) in [5, 5.41) is 0. The number of hydrogen-bond donors (Lipinski definition) is 0. The number of aromatic nitrogens is 3. The molecule has 0 bridgehead atoms. The summed E-state index contributed by atoms with van der Waals surface area (Å²) in [5.74, 6) is -139. The second-order valence-corrected chi connectivity index (χ2v) is 16.0. The van der Waals surface area contributed by atoms with Crippen LogP contribution < -0.4 is 14.7 Å². The maximum atomic E-state index is 14.8. The van der Waals surface area contributed by atoms with E-state index in [1.165, 1.54) is 0 Å². The van der Waals surface area contributed by atoms with E-state index in [0.717, 1.165) is 0 Å². The predicted molar refractivity (Wildman–Crippen MR) is 180 cm³/mol. The Morgan fingerprint density at radius 1 is 0.259 bits per heavy atom. The zero-order chi connectivity index (χ0) is 65.6. The lowest BCUT2D eigenvalue weighted by molar-refractivity contribution is -0.440. The summed E-state index contributed by atoms with van der Waals surface area (Å²) < 4.78 is 537. The summed E-state index contributed by atoms with van der Waals surface area (Å²) in [6.45, 7) is -9.49. The Morgan fingerprint density at radius 3 is 0.519 bits per heavy atom. The van der Waals surface area contributed by atoms with Crippen LogP contribution in [0.25, 0.3) is 0 Å². The highest BCUT2D eigenvalue weighted by atomic mass is 19.5. The van der Waals surface area contributed by atoms with Crippen LogP contribution in [0.15, 0.2) is 0 Å². The van der Waals surface area contributed by atoms with E-state index in [-0.39, 0.29) is 20.8 Å². The molecule has 474 valence electrons. The van der Waals surface area contributed by atoms with Gasteiger partial charge in [0.2, 0.25) is 35.6 Å². The summed E-state index contributed by atoms with van der Waals surface area (Å²) in [4.78, 5) is 42.2. The molecule has 0 unspecified atom stereocenters. The fourth-order valence-corrected chi connectivity index (χ4v) is 5.53. The molecule has 9 nitrogen and oxygen atoms in total. The van der Waals surface area contributed by atoms with Crippen molar-refractivity contribution in [2.24, 2.45) is 0 Å². The van der Waals surface area contributed by atoms with Gasteiger partial charge in [0.15, 0.2) is 0 Å². The fraction of sp³-hybridized carbons (Fsp3) is 0.818. The molecule has 1 aromatic rings. The Bertz CT molecular complexity index is 2170. The predicted octanol–water partition coefficient (Wildman–Crippen LogP) is 13.3. The van der Waals surface area contributed by atoms with Gasteiger partial charge in [-0.15, -0.1) is 0 Å². The monoisotopic (exact) mass is 1290 g/mol. The molecule has 0 radical (unpaired) electrons. The fourth-order valence-electron chi connectivity index (χ4n) is 5.53. The molecule has 48 heteroatoms. The van der Waals surface area contributed by atoms with E-state index in [1.807, 2.05) is 0 Å². The van der Waals surface area contributed by atoms with Gasteiger partial charge < -0.3 is 0 Å². The van der Waals surface area contributed by atoms with Crippen molar-refractivity contribution in [3.8, 4) is 0 Å². The molecule has 0 atom stereocenters. The summed E-state index contributed by atoms with van der Waals surface area (Å²) in [6, 6.07) is 0. The van der Waals surface area contributed by atoms with Crippen LogP contribution in [0.3, 0.4) is 0 Å². The Balaban J connectivity index is 4.40. The van der Waals surface area contributed by atoms with Crippen molar-refractivity contribution in [3.63, 3.8) is 0 Å². The molecular formula is C33H21F39N6O3. The summed E-state index contributed by atoms with van der Waals surface area (Å²) in [7, 11) is 0. The lowest BCUT2D eigenvalue weighted by atomic mass is 9.92. The molecule has 0 aliphatic carbocycles. The van der Waals surface area contributed by atoms with Crippen LogP contribution in [0.1, 0.15) is 40.0 Å². The van der Waals surface area contributed by atoms with Gasteiger partial charge in [-0.1, -0.05) is 0 Å². The van der Waals surface area contributed by atoms with Crippen molar-refractivity contribution in [1.29, 1.82) is 0 Å². The van der Waals surface area contributed by atoms with Crippen LogP contribution in [-0.4, -0.2) is 160 Å². The van der Waals surface area contributed by atoms with Crippen molar-refractivity contribution >= 4 is 35.6 Å². The Morgan fingerprint density at radius 2 is 0.395 bits per heavy atom. The molecule has 0 N–H and O–H groups in total. The normalized spacial score (nSPS) is 15.5. The molecule has 0 aromatic carbocycles. The van der Waals surface area contributed by atoms with Gasteiger partial charge in [0, 0.05) is 59.7 Å².